The first-order valence-electron chi connectivity index (χ1n) is 8.46. The normalized spacial score (nSPS) is 54.7. The molecule has 2 aliphatic carbocycles. The molecule has 3 aliphatic rings. The van der Waals surface area contributed by atoms with Crippen molar-refractivity contribution in [1.29, 1.82) is 0 Å². The van der Waals surface area contributed by atoms with E-state index in [1.54, 1.807) is 13.8 Å². The number of hydrogen-bond donors (Lipinski definition) is 10. The summed E-state index contributed by atoms with van der Waals surface area (Å²) in [6.45, 7) is 3.28. The molecule has 12 heteroatoms. The minimum atomic E-state index is -1.64. The molecule has 12 nitrogen and oxygen atoms in total. The van der Waals surface area contributed by atoms with Gasteiger partial charge in [0.2, 0.25) is 0 Å². The zero-order chi connectivity index (χ0) is 20.8. The highest BCUT2D eigenvalue weighted by atomic mass is 16.8. The molecular formula is C15H28O12. The molecule has 3 rings (SSSR count). The summed E-state index contributed by atoms with van der Waals surface area (Å²) >= 11 is 0. The molecule has 0 aromatic rings. The molecule has 0 bridgehead atoms. The third-order valence-corrected chi connectivity index (χ3v) is 4.99. The van der Waals surface area contributed by atoms with E-state index in [0.717, 1.165) is 0 Å². The van der Waals surface area contributed by atoms with Crippen molar-refractivity contribution < 1.29 is 60.5 Å². The van der Waals surface area contributed by atoms with Gasteiger partial charge in [-0.15, -0.1) is 0 Å². The fourth-order valence-electron chi connectivity index (χ4n) is 3.35. The van der Waals surface area contributed by atoms with Crippen LogP contribution in [0.4, 0.5) is 0 Å². The van der Waals surface area contributed by atoms with Crippen LogP contribution in [0.25, 0.3) is 0 Å². The highest BCUT2D eigenvalue weighted by Crippen LogP contribution is 2.37. The Balaban J connectivity index is 0.000000199. The minimum Gasteiger partial charge on any atom is -0.387 e. The standard InChI is InChI=1S/C9H16O6.C6H12O6/c1-9(2)14-7-5(12)3(10)4(11)6(13)8(7)15-9;7-1-2(8)4(10)6(12)5(11)3(1)9/h3-8,10-13H,1-2H3;1-12H/t3-,4-,5+,6+,7-,8+;/m1./s1. The number of aliphatic hydroxyl groups is 10. The van der Waals surface area contributed by atoms with Crippen LogP contribution in [0.2, 0.25) is 0 Å². The van der Waals surface area contributed by atoms with Crippen molar-refractivity contribution in [2.45, 2.75) is 92.9 Å². The van der Waals surface area contributed by atoms with Gasteiger partial charge in [-0.3, -0.25) is 0 Å². The van der Waals surface area contributed by atoms with E-state index < -0.39 is 79.0 Å². The summed E-state index contributed by atoms with van der Waals surface area (Å²) in [5.41, 5.74) is 0. The van der Waals surface area contributed by atoms with Crippen LogP contribution in [-0.2, 0) is 9.47 Å². The fraction of sp³-hybridized carbons (Fsp3) is 1.00. The van der Waals surface area contributed by atoms with Crippen LogP contribution in [0.15, 0.2) is 0 Å². The van der Waals surface area contributed by atoms with E-state index in [2.05, 4.69) is 0 Å². The van der Waals surface area contributed by atoms with Gasteiger partial charge in [-0.25, -0.2) is 0 Å². The fourth-order valence-corrected chi connectivity index (χ4v) is 3.35. The Morgan fingerprint density at radius 2 is 0.593 bits per heavy atom. The van der Waals surface area contributed by atoms with Gasteiger partial charge in [0.25, 0.3) is 0 Å². The molecule has 0 aromatic carbocycles. The summed E-state index contributed by atoms with van der Waals surface area (Å²) in [6, 6.07) is 0. The summed E-state index contributed by atoms with van der Waals surface area (Å²) in [4.78, 5) is 0. The Hall–Kier alpha value is -0.480. The lowest BCUT2D eigenvalue weighted by Crippen LogP contribution is -2.63. The smallest absolute Gasteiger partial charge is 0.164 e. The Morgan fingerprint density at radius 1 is 0.407 bits per heavy atom. The first kappa shape index (κ1) is 22.8. The van der Waals surface area contributed by atoms with Crippen molar-refractivity contribution in [3.05, 3.63) is 0 Å². The first-order chi connectivity index (χ1) is 12.3. The second kappa shape index (κ2) is 8.10. The summed E-state index contributed by atoms with van der Waals surface area (Å²) in [5, 5.41) is 92.0. The van der Waals surface area contributed by atoms with Crippen molar-refractivity contribution in [2.24, 2.45) is 0 Å². The van der Waals surface area contributed by atoms with Crippen LogP contribution in [0, 0.1) is 0 Å². The molecule has 1 aliphatic heterocycles. The molecule has 3 fully saturated rings. The molecule has 0 radical (unpaired) electrons. The van der Waals surface area contributed by atoms with Crippen LogP contribution >= 0.6 is 0 Å². The molecule has 6 atom stereocenters. The molecule has 1 heterocycles. The van der Waals surface area contributed by atoms with Gasteiger partial charge in [-0.05, 0) is 13.8 Å². The van der Waals surface area contributed by atoms with Crippen molar-refractivity contribution in [2.75, 3.05) is 0 Å². The van der Waals surface area contributed by atoms with Crippen LogP contribution in [0.5, 0.6) is 0 Å². The maximum absolute atomic E-state index is 9.64. The van der Waals surface area contributed by atoms with Crippen LogP contribution in [0.3, 0.4) is 0 Å². The van der Waals surface area contributed by atoms with Gasteiger partial charge in [0.1, 0.15) is 73.2 Å². The predicted molar refractivity (Wildman–Crippen MR) is 83.9 cm³/mol. The Morgan fingerprint density at radius 3 is 0.815 bits per heavy atom. The van der Waals surface area contributed by atoms with Crippen molar-refractivity contribution in [3.8, 4) is 0 Å². The zero-order valence-electron chi connectivity index (χ0n) is 14.7. The number of fused-ring (bicyclic) bond motifs is 1. The molecule has 1 saturated heterocycles. The maximum atomic E-state index is 9.64. The van der Waals surface area contributed by atoms with Gasteiger partial charge < -0.3 is 60.5 Å². The van der Waals surface area contributed by atoms with Gasteiger partial charge in [0, 0.05) is 0 Å². The molecule has 160 valence electrons. The lowest BCUT2D eigenvalue weighted by atomic mass is 9.85. The van der Waals surface area contributed by atoms with E-state index in [1.807, 2.05) is 0 Å². The molecular weight excluding hydrogens is 372 g/mol. The van der Waals surface area contributed by atoms with Crippen LogP contribution in [0.1, 0.15) is 13.8 Å². The van der Waals surface area contributed by atoms with E-state index in [1.165, 1.54) is 0 Å². The third kappa shape index (κ3) is 4.27. The van der Waals surface area contributed by atoms with Gasteiger partial charge in [0.15, 0.2) is 5.79 Å². The second-order valence-corrected chi connectivity index (χ2v) is 7.47. The monoisotopic (exact) mass is 400 g/mol. The molecule has 27 heavy (non-hydrogen) atoms. The van der Waals surface area contributed by atoms with Gasteiger partial charge >= 0.3 is 0 Å². The maximum Gasteiger partial charge on any atom is 0.164 e. The average Bonchev–Trinajstić information content (AvgIpc) is 2.96. The third-order valence-electron chi connectivity index (χ3n) is 4.99. The van der Waals surface area contributed by atoms with Crippen LogP contribution < -0.4 is 0 Å². The average molecular weight is 400 g/mol. The number of ether oxygens (including phenoxy) is 2. The highest BCUT2D eigenvalue weighted by Gasteiger charge is 2.57. The molecule has 0 aromatic heterocycles. The van der Waals surface area contributed by atoms with Gasteiger partial charge in [-0.1, -0.05) is 0 Å². The number of rotatable bonds is 0. The van der Waals surface area contributed by atoms with E-state index in [9.17, 15) is 20.4 Å². The summed E-state index contributed by atoms with van der Waals surface area (Å²) in [5.74, 6) is -0.929. The quantitative estimate of drug-likeness (QED) is 0.184. The number of hydrogen-bond acceptors (Lipinski definition) is 12. The minimum absolute atomic E-state index is 0.812. The molecule has 0 amide bonds. The lowest BCUT2D eigenvalue weighted by Gasteiger charge is -2.39. The van der Waals surface area contributed by atoms with Crippen LogP contribution in [-0.4, -0.2) is 130 Å². The molecule has 10 N–H and O–H groups in total. The van der Waals surface area contributed by atoms with Crippen molar-refractivity contribution >= 4 is 0 Å². The SMILES string of the molecule is CC1(C)O[C@@H]2[C@@H](O)[C@H](O)[C@@H](O)[C@H](O)[C@@H]2O1.OC1C(O)C(O)C(O)C(O)C1O. The second-order valence-electron chi connectivity index (χ2n) is 7.47. The predicted octanol–water partition coefficient (Wildman–Crippen LogP) is -5.87. The summed E-state index contributed by atoms with van der Waals surface area (Å²) in [7, 11) is 0. The van der Waals surface area contributed by atoms with E-state index in [0.29, 0.717) is 0 Å². The first-order valence-corrected chi connectivity index (χ1v) is 8.46. The Labute approximate surface area is 154 Å². The summed E-state index contributed by atoms with van der Waals surface area (Å²) < 4.78 is 10.7. The van der Waals surface area contributed by atoms with Crippen molar-refractivity contribution in [3.63, 3.8) is 0 Å². The van der Waals surface area contributed by atoms with Gasteiger partial charge in [0.05, 0.1) is 0 Å². The topological polar surface area (TPSA) is 221 Å². The summed E-state index contributed by atoms with van der Waals surface area (Å²) in [6.07, 6.45) is -16.8. The molecule has 2 saturated carbocycles. The van der Waals surface area contributed by atoms with Gasteiger partial charge in [-0.2, -0.15) is 0 Å². The van der Waals surface area contributed by atoms with Crippen molar-refractivity contribution in [1.82, 2.24) is 0 Å². The molecule has 0 spiro atoms. The Bertz CT molecular complexity index is 421. The van der Waals surface area contributed by atoms with E-state index in [-0.39, 0.29) is 0 Å². The number of aliphatic hydroxyl groups excluding tert-OH is 10. The van der Waals surface area contributed by atoms with E-state index in [4.69, 9.17) is 40.1 Å². The lowest BCUT2D eigenvalue weighted by molar-refractivity contribution is -0.223. The zero-order valence-corrected chi connectivity index (χ0v) is 14.7. The highest BCUT2D eigenvalue weighted by molar-refractivity contribution is 5.03. The largest absolute Gasteiger partial charge is 0.387 e. The molecule has 0 unspecified atom stereocenters. The Kier molecular flexibility index (Phi) is 6.84. The van der Waals surface area contributed by atoms with E-state index >= 15 is 0 Å².